The molecule has 88 valence electrons. The molecule has 2 aromatic rings. The molecule has 0 aliphatic heterocycles. The molecule has 0 fully saturated rings. The highest BCUT2D eigenvalue weighted by molar-refractivity contribution is 9.10. The maximum absolute atomic E-state index is 13.1. The lowest BCUT2D eigenvalue weighted by molar-refractivity contribution is 0.621. The Morgan fingerprint density at radius 1 is 1.18 bits per heavy atom. The average molecular weight is 316 g/mol. The van der Waals surface area contributed by atoms with Crippen LogP contribution < -0.4 is 11.1 Å². The Morgan fingerprint density at radius 3 is 2.59 bits per heavy atom. The minimum atomic E-state index is -0.307. The van der Waals surface area contributed by atoms with Crippen LogP contribution in [0.15, 0.2) is 40.9 Å². The van der Waals surface area contributed by atoms with Crippen molar-refractivity contribution in [3.05, 3.63) is 51.7 Å². The fourth-order valence-electron chi connectivity index (χ4n) is 1.36. The molecule has 0 unspecified atom stereocenters. The van der Waals surface area contributed by atoms with E-state index in [1.165, 1.54) is 6.07 Å². The topological polar surface area (TPSA) is 38.0 Å². The number of nitrogens with one attached hydrogen (secondary N) is 1. The second kappa shape index (κ2) is 4.94. The molecular formula is C12H9BrClFN2. The van der Waals surface area contributed by atoms with Gasteiger partial charge in [0.2, 0.25) is 0 Å². The van der Waals surface area contributed by atoms with E-state index in [0.29, 0.717) is 15.2 Å². The molecule has 0 saturated heterocycles. The summed E-state index contributed by atoms with van der Waals surface area (Å²) in [5.41, 5.74) is 7.66. The van der Waals surface area contributed by atoms with Crippen LogP contribution in [0.5, 0.6) is 0 Å². The van der Waals surface area contributed by atoms with Gasteiger partial charge in [-0.2, -0.15) is 0 Å². The first-order chi connectivity index (χ1) is 8.06. The quantitative estimate of drug-likeness (QED) is 0.797. The molecule has 0 bridgehead atoms. The number of hydrogen-bond acceptors (Lipinski definition) is 2. The molecule has 2 aromatic carbocycles. The van der Waals surface area contributed by atoms with E-state index in [2.05, 4.69) is 21.2 Å². The molecule has 17 heavy (non-hydrogen) atoms. The molecule has 0 spiro atoms. The van der Waals surface area contributed by atoms with Gasteiger partial charge in [-0.3, -0.25) is 0 Å². The van der Waals surface area contributed by atoms with Crippen LogP contribution in [0.2, 0.25) is 5.02 Å². The van der Waals surface area contributed by atoms with Gasteiger partial charge >= 0.3 is 0 Å². The predicted molar refractivity (Wildman–Crippen MR) is 73.2 cm³/mol. The molecule has 0 saturated carbocycles. The SMILES string of the molecule is Nc1ccc(Nc2ccc(F)c(Br)c2)c(Cl)c1. The lowest BCUT2D eigenvalue weighted by Gasteiger charge is -2.09. The Kier molecular flexibility index (Phi) is 3.54. The second-order valence-corrected chi connectivity index (χ2v) is 4.75. The second-order valence-electron chi connectivity index (χ2n) is 3.49. The van der Waals surface area contributed by atoms with E-state index in [1.54, 1.807) is 30.3 Å². The molecule has 0 amide bonds. The monoisotopic (exact) mass is 314 g/mol. The van der Waals surface area contributed by atoms with Gasteiger partial charge in [0.1, 0.15) is 5.82 Å². The summed E-state index contributed by atoms with van der Waals surface area (Å²) in [6, 6.07) is 9.82. The predicted octanol–water partition coefficient (Wildman–Crippen LogP) is 4.57. The third kappa shape index (κ3) is 2.90. The minimum Gasteiger partial charge on any atom is -0.399 e. The van der Waals surface area contributed by atoms with E-state index in [4.69, 9.17) is 17.3 Å². The number of nitrogen functional groups attached to an aromatic ring is 1. The number of benzene rings is 2. The smallest absolute Gasteiger partial charge is 0.137 e. The van der Waals surface area contributed by atoms with Crippen LogP contribution in [-0.2, 0) is 0 Å². The molecule has 0 aliphatic carbocycles. The van der Waals surface area contributed by atoms with Crippen LogP contribution in [0, 0.1) is 5.82 Å². The van der Waals surface area contributed by atoms with Gasteiger partial charge in [-0.15, -0.1) is 0 Å². The van der Waals surface area contributed by atoms with Crippen LogP contribution in [-0.4, -0.2) is 0 Å². The van der Waals surface area contributed by atoms with Gasteiger partial charge in [0.05, 0.1) is 15.2 Å². The Bertz CT molecular complexity index is 560. The Morgan fingerprint density at radius 2 is 1.94 bits per heavy atom. The average Bonchev–Trinajstić information content (AvgIpc) is 2.27. The van der Waals surface area contributed by atoms with Crippen LogP contribution in [0.3, 0.4) is 0 Å². The van der Waals surface area contributed by atoms with Crippen LogP contribution >= 0.6 is 27.5 Å². The highest BCUT2D eigenvalue weighted by Gasteiger charge is 2.03. The summed E-state index contributed by atoms with van der Waals surface area (Å²) in [6.07, 6.45) is 0. The van der Waals surface area contributed by atoms with Crippen molar-refractivity contribution < 1.29 is 4.39 Å². The number of nitrogens with two attached hydrogens (primary N) is 1. The van der Waals surface area contributed by atoms with Crippen molar-refractivity contribution in [1.29, 1.82) is 0 Å². The summed E-state index contributed by atoms with van der Waals surface area (Å²) >= 11 is 9.14. The maximum Gasteiger partial charge on any atom is 0.137 e. The van der Waals surface area contributed by atoms with Gasteiger partial charge in [0.25, 0.3) is 0 Å². The van der Waals surface area contributed by atoms with E-state index in [-0.39, 0.29) is 5.82 Å². The molecule has 0 aromatic heterocycles. The van der Waals surface area contributed by atoms with Gasteiger partial charge in [-0.25, -0.2) is 4.39 Å². The molecule has 0 radical (unpaired) electrons. The third-order valence-electron chi connectivity index (χ3n) is 2.19. The first-order valence-corrected chi connectivity index (χ1v) is 6.00. The van der Waals surface area contributed by atoms with E-state index in [0.717, 1.165) is 11.4 Å². The van der Waals surface area contributed by atoms with Crippen molar-refractivity contribution in [3.63, 3.8) is 0 Å². The summed E-state index contributed by atoms with van der Waals surface area (Å²) in [7, 11) is 0. The molecule has 0 aliphatic rings. The molecule has 3 N–H and O–H groups in total. The zero-order valence-corrected chi connectivity index (χ0v) is 11.0. The van der Waals surface area contributed by atoms with Gasteiger partial charge in [-0.05, 0) is 52.3 Å². The zero-order valence-electron chi connectivity index (χ0n) is 8.68. The molecule has 0 heterocycles. The van der Waals surface area contributed by atoms with Gasteiger partial charge in [0.15, 0.2) is 0 Å². The number of halogens is 3. The Hall–Kier alpha value is -1.26. The lowest BCUT2D eigenvalue weighted by atomic mass is 10.2. The largest absolute Gasteiger partial charge is 0.399 e. The van der Waals surface area contributed by atoms with Crippen LogP contribution in [0.1, 0.15) is 0 Å². The summed E-state index contributed by atoms with van der Waals surface area (Å²) in [5.74, 6) is -0.307. The van der Waals surface area contributed by atoms with Gasteiger partial charge < -0.3 is 11.1 Å². The van der Waals surface area contributed by atoms with Crippen molar-refractivity contribution in [1.82, 2.24) is 0 Å². The summed E-state index contributed by atoms with van der Waals surface area (Å²) in [6.45, 7) is 0. The molecule has 5 heteroatoms. The number of rotatable bonds is 2. The van der Waals surface area contributed by atoms with E-state index in [1.807, 2.05) is 0 Å². The fraction of sp³-hybridized carbons (Fsp3) is 0. The molecule has 2 rings (SSSR count). The zero-order chi connectivity index (χ0) is 12.4. The fourth-order valence-corrected chi connectivity index (χ4v) is 1.98. The molecule has 0 atom stereocenters. The van der Waals surface area contributed by atoms with Crippen molar-refractivity contribution in [2.75, 3.05) is 11.1 Å². The Labute approximate surface area is 112 Å². The highest BCUT2D eigenvalue weighted by atomic mass is 79.9. The van der Waals surface area contributed by atoms with E-state index in [9.17, 15) is 4.39 Å². The summed E-state index contributed by atoms with van der Waals surface area (Å²) < 4.78 is 13.4. The number of hydrogen-bond donors (Lipinski definition) is 2. The summed E-state index contributed by atoms with van der Waals surface area (Å²) in [4.78, 5) is 0. The van der Waals surface area contributed by atoms with Crippen molar-refractivity contribution in [2.24, 2.45) is 0 Å². The van der Waals surface area contributed by atoms with Crippen LogP contribution in [0.25, 0.3) is 0 Å². The highest BCUT2D eigenvalue weighted by Crippen LogP contribution is 2.29. The Balaban J connectivity index is 2.28. The van der Waals surface area contributed by atoms with E-state index >= 15 is 0 Å². The number of anilines is 3. The summed E-state index contributed by atoms with van der Waals surface area (Å²) in [5, 5.41) is 3.60. The van der Waals surface area contributed by atoms with Gasteiger partial charge in [-0.1, -0.05) is 11.6 Å². The first-order valence-electron chi connectivity index (χ1n) is 4.83. The van der Waals surface area contributed by atoms with Crippen LogP contribution in [0.4, 0.5) is 21.5 Å². The van der Waals surface area contributed by atoms with Crippen molar-refractivity contribution in [3.8, 4) is 0 Å². The standard InChI is InChI=1S/C12H9BrClFN2/c13-9-6-8(2-3-11(9)15)17-12-4-1-7(16)5-10(12)14/h1-6,17H,16H2. The normalized spacial score (nSPS) is 10.3. The van der Waals surface area contributed by atoms with Crippen molar-refractivity contribution in [2.45, 2.75) is 0 Å². The first kappa shape index (κ1) is 12.2. The van der Waals surface area contributed by atoms with Crippen molar-refractivity contribution >= 4 is 44.6 Å². The maximum atomic E-state index is 13.1. The minimum absolute atomic E-state index is 0.307. The lowest BCUT2D eigenvalue weighted by Crippen LogP contribution is -1.93. The molecular weight excluding hydrogens is 307 g/mol. The van der Waals surface area contributed by atoms with Gasteiger partial charge in [0, 0.05) is 11.4 Å². The van der Waals surface area contributed by atoms with E-state index < -0.39 is 0 Å². The third-order valence-corrected chi connectivity index (χ3v) is 3.11. The molecule has 2 nitrogen and oxygen atoms in total.